The van der Waals surface area contributed by atoms with Gasteiger partial charge in [0.2, 0.25) is 0 Å². The predicted molar refractivity (Wildman–Crippen MR) is 94.4 cm³/mol. The topological polar surface area (TPSA) is 42.4 Å². The predicted octanol–water partition coefficient (Wildman–Crippen LogP) is 3.32. The Kier molecular flexibility index (Phi) is 3.85. The number of hydrogen-bond donors (Lipinski definition) is 0. The van der Waals surface area contributed by atoms with Crippen LogP contribution < -0.4 is 4.74 Å². The Labute approximate surface area is 142 Å². The van der Waals surface area contributed by atoms with E-state index in [0.717, 1.165) is 41.7 Å². The summed E-state index contributed by atoms with van der Waals surface area (Å²) < 4.78 is 5.32. The summed E-state index contributed by atoms with van der Waals surface area (Å²) in [5.74, 6) is 2.07. The number of pyridine rings is 1. The van der Waals surface area contributed by atoms with Gasteiger partial charge >= 0.3 is 0 Å². The fraction of sp³-hybridized carbons (Fsp3) is 0.400. The summed E-state index contributed by atoms with van der Waals surface area (Å²) in [6.45, 7) is 5.92. The molecule has 3 saturated heterocycles. The Morgan fingerprint density at radius 2 is 2.29 bits per heavy atom. The number of ketones is 1. The summed E-state index contributed by atoms with van der Waals surface area (Å²) in [5.41, 5.74) is 1.59. The highest BCUT2D eigenvalue weighted by Crippen LogP contribution is 2.38. The molecule has 1 aromatic heterocycles. The summed E-state index contributed by atoms with van der Waals surface area (Å²) in [4.78, 5) is 20.0. The molecule has 3 aliphatic heterocycles. The molecule has 3 aliphatic rings. The van der Waals surface area contributed by atoms with Crippen molar-refractivity contribution >= 4 is 16.7 Å². The molecule has 4 atom stereocenters. The zero-order valence-electron chi connectivity index (χ0n) is 13.9. The fourth-order valence-corrected chi connectivity index (χ4v) is 4.25. The average molecular weight is 322 g/mol. The monoisotopic (exact) mass is 322 g/mol. The Hall–Kier alpha value is -2.20. The molecular weight excluding hydrogens is 300 g/mol. The Balaban J connectivity index is 1.70. The van der Waals surface area contributed by atoms with E-state index in [0.29, 0.717) is 11.8 Å². The van der Waals surface area contributed by atoms with E-state index in [1.165, 1.54) is 6.42 Å². The van der Waals surface area contributed by atoms with Crippen LogP contribution in [-0.2, 0) is 0 Å². The van der Waals surface area contributed by atoms with Crippen LogP contribution >= 0.6 is 0 Å². The van der Waals surface area contributed by atoms with Crippen LogP contribution in [0, 0.1) is 11.8 Å². The van der Waals surface area contributed by atoms with E-state index in [9.17, 15) is 4.79 Å². The van der Waals surface area contributed by atoms with E-state index in [1.807, 2.05) is 24.3 Å². The quantitative estimate of drug-likeness (QED) is 0.640. The Morgan fingerprint density at radius 1 is 1.42 bits per heavy atom. The van der Waals surface area contributed by atoms with Crippen LogP contribution in [0.4, 0.5) is 0 Å². The summed E-state index contributed by atoms with van der Waals surface area (Å²) in [6, 6.07) is 7.53. The number of carbonyl (C=O) groups is 1. The van der Waals surface area contributed by atoms with Crippen LogP contribution in [0.1, 0.15) is 23.2 Å². The number of nitrogens with zero attached hydrogens (tertiary/aromatic N) is 2. The van der Waals surface area contributed by atoms with Crippen molar-refractivity contribution in [1.29, 1.82) is 0 Å². The second-order valence-electron chi connectivity index (χ2n) is 6.80. The smallest absolute Gasteiger partial charge is 0.180 e. The largest absolute Gasteiger partial charge is 0.497 e. The number of piperidine rings is 3. The molecule has 3 fully saturated rings. The number of benzene rings is 1. The normalized spacial score (nSPS) is 28.7. The van der Waals surface area contributed by atoms with Crippen molar-refractivity contribution < 1.29 is 9.53 Å². The molecule has 5 rings (SSSR count). The summed E-state index contributed by atoms with van der Waals surface area (Å²) in [5, 5.41) is 0.879. The zero-order chi connectivity index (χ0) is 16.7. The molecule has 2 bridgehead atoms. The number of aromatic nitrogens is 1. The van der Waals surface area contributed by atoms with Gasteiger partial charge in [-0.25, -0.2) is 0 Å². The maximum Gasteiger partial charge on any atom is 0.180 e. The van der Waals surface area contributed by atoms with Gasteiger partial charge in [0.25, 0.3) is 0 Å². The fourth-order valence-electron chi connectivity index (χ4n) is 4.25. The molecular formula is C20H22N2O2. The average Bonchev–Trinajstić information content (AvgIpc) is 2.66. The lowest BCUT2D eigenvalue weighted by Crippen LogP contribution is -2.55. The maximum atomic E-state index is 13.3. The first-order valence-corrected chi connectivity index (χ1v) is 8.55. The Bertz CT molecular complexity index is 801. The van der Waals surface area contributed by atoms with Gasteiger partial charge in [0.15, 0.2) is 5.78 Å². The van der Waals surface area contributed by atoms with Crippen LogP contribution in [0.5, 0.6) is 5.75 Å². The molecule has 124 valence electrons. The molecule has 0 saturated carbocycles. The number of Topliss-reactive ketones (excluding diaryl/α,β-unsaturated/α-hetero) is 1. The van der Waals surface area contributed by atoms with Gasteiger partial charge in [0, 0.05) is 23.7 Å². The van der Waals surface area contributed by atoms with Crippen molar-refractivity contribution in [2.75, 3.05) is 20.2 Å². The van der Waals surface area contributed by atoms with Crippen molar-refractivity contribution in [2.45, 2.75) is 18.9 Å². The van der Waals surface area contributed by atoms with Gasteiger partial charge in [-0.15, -0.1) is 6.58 Å². The van der Waals surface area contributed by atoms with E-state index in [4.69, 9.17) is 4.74 Å². The lowest BCUT2D eigenvalue weighted by Gasteiger charge is -2.48. The van der Waals surface area contributed by atoms with Gasteiger partial charge in [0.1, 0.15) is 5.75 Å². The highest BCUT2D eigenvalue weighted by atomic mass is 16.5. The molecule has 1 unspecified atom stereocenters. The van der Waals surface area contributed by atoms with Crippen molar-refractivity contribution in [2.24, 2.45) is 11.8 Å². The first kappa shape index (κ1) is 15.3. The standard InChI is InChI=1S/C20H22N2O2/c1-3-13-12-22-9-7-14(13)10-19(22)20(23)16-6-8-21-18-5-4-15(24-2)11-17(16)18/h3-6,8,11,13-14,19H,1,7,9-10,12H2,2H3/t13-,14+,19-/m1/s1. The summed E-state index contributed by atoms with van der Waals surface area (Å²) >= 11 is 0. The molecule has 0 aliphatic carbocycles. The first-order valence-electron chi connectivity index (χ1n) is 8.55. The van der Waals surface area contributed by atoms with Crippen LogP contribution in [0.25, 0.3) is 10.9 Å². The van der Waals surface area contributed by atoms with E-state index in [-0.39, 0.29) is 11.8 Å². The number of ether oxygens (including phenoxy) is 1. The van der Waals surface area contributed by atoms with Crippen LogP contribution in [0.3, 0.4) is 0 Å². The van der Waals surface area contributed by atoms with Gasteiger partial charge in [0.05, 0.1) is 18.7 Å². The van der Waals surface area contributed by atoms with E-state index >= 15 is 0 Å². The van der Waals surface area contributed by atoms with Crippen LogP contribution in [-0.4, -0.2) is 41.9 Å². The second-order valence-corrected chi connectivity index (χ2v) is 6.80. The number of hydrogen-bond acceptors (Lipinski definition) is 4. The van der Waals surface area contributed by atoms with E-state index in [2.05, 4.69) is 22.5 Å². The van der Waals surface area contributed by atoms with Crippen molar-refractivity contribution in [3.05, 3.63) is 48.7 Å². The zero-order valence-corrected chi connectivity index (χ0v) is 13.9. The minimum absolute atomic E-state index is 0.0169. The molecule has 4 heterocycles. The lowest BCUT2D eigenvalue weighted by molar-refractivity contribution is 0.0205. The number of methoxy groups -OCH3 is 1. The van der Waals surface area contributed by atoms with Crippen molar-refractivity contribution in [3.63, 3.8) is 0 Å². The third-order valence-electron chi connectivity index (χ3n) is 5.62. The van der Waals surface area contributed by atoms with Gasteiger partial charge in [-0.3, -0.25) is 14.7 Å². The molecule has 24 heavy (non-hydrogen) atoms. The molecule has 0 spiro atoms. The highest BCUT2D eigenvalue weighted by molar-refractivity contribution is 6.10. The number of rotatable bonds is 4. The molecule has 0 amide bonds. The van der Waals surface area contributed by atoms with Crippen LogP contribution in [0.2, 0.25) is 0 Å². The molecule has 1 aromatic carbocycles. The summed E-state index contributed by atoms with van der Waals surface area (Å²) in [7, 11) is 1.64. The molecule has 0 radical (unpaired) electrons. The van der Waals surface area contributed by atoms with Crippen molar-refractivity contribution in [3.8, 4) is 5.75 Å². The molecule has 0 N–H and O–H groups in total. The van der Waals surface area contributed by atoms with Gasteiger partial charge in [-0.1, -0.05) is 6.08 Å². The molecule has 2 aromatic rings. The first-order chi connectivity index (χ1) is 11.7. The van der Waals surface area contributed by atoms with Gasteiger partial charge in [-0.2, -0.15) is 0 Å². The minimum atomic E-state index is -0.0169. The van der Waals surface area contributed by atoms with Crippen molar-refractivity contribution in [1.82, 2.24) is 9.88 Å². The van der Waals surface area contributed by atoms with Crippen LogP contribution in [0.15, 0.2) is 43.1 Å². The number of carbonyl (C=O) groups excluding carboxylic acids is 1. The number of fused-ring (bicyclic) bond motifs is 4. The minimum Gasteiger partial charge on any atom is -0.497 e. The van der Waals surface area contributed by atoms with Gasteiger partial charge < -0.3 is 4.74 Å². The Morgan fingerprint density at radius 3 is 3.00 bits per heavy atom. The van der Waals surface area contributed by atoms with E-state index < -0.39 is 0 Å². The second kappa shape index (κ2) is 6.02. The highest BCUT2D eigenvalue weighted by Gasteiger charge is 2.42. The molecule has 4 nitrogen and oxygen atoms in total. The lowest BCUT2D eigenvalue weighted by atomic mass is 9.74. The van der Waals surface area contributed by atoms with Gasteiger partial charge in [-0.05, 0) is 55.5 Å². The van der Waals surface area contributed by atoms with E-state index in [1.54, 1.807) is 13.3 Å². The SMILES string of the molecule is C=C[C@@H]1CN2CC[C@H]1C[C@@H]2C(=O)c1ccnc2ccc(OC)cc12. The third kappa shape index (κ3) is 2.42. The third-order valence-corrected chi connectivity index (χ3v) is 5.62. The maximum absolute atomic E-state index is 13.3. The summed E-state index contributed by atoms with van der Waals surface area (Å²) in [6.07, 6.45) is 5.89. The molecule has 4 heteroatoms.